The summed E-state index contributed by atoms with van der Waals surface area (Å²) in [6, 6.07) is 7.18. The van der Waals surface area contributed by atoms with Crippen molar-refractivity contribution in [2.75, 3.05) is 11.9 Å². The number of carbonyl (C=O) groups excluding carboxylic acids is 2. The predicted octanol–water partition coefficient (Wildman–Crippen LogP) is 2.59. The highest BCUT2D eigenvalue weighted by Crippen LogP contribution is 2.21. The van der Waals surface area contributed by atoms with Gasteiger partial charge in [-0.05, 0) is 37.0 Å². The average molecular weight is 287 g/mol. The normalized spacial score (nSPS) is 18.1. The van der Waals surface area contributed by atoms with Crippen LogP contribution >= 0.6 is 0 Å². The van der Waals surface area contributed by atoms with Crippen LogP contribution in [0.15, 0.2) is 30.8 Å². The Bertz CT molecular complexity index is 525. The monoisotopic (exact) mass is 287 g/mol. The van der Waals surface area contributed by atoms with Crippen LogP contribution in [0.25, 0.3) is 6.08 Å². The van der Waals surface area contributed by atoms with Gasteiger partial charge in [-0.2, -0.15) is 0 Å². The smallest absolute Gasteiger partial charge is 0.322 e. The number of nitrogens with one attached hydrogen (secondary N) is 1. The van der Waals surface area contributed by atoms with Gasteiger partial charge in [0.25, 0.3) is 0 Å². The topological polar surface area (TPSA) is 75.4 Å². The number of anilines is 1. The molecule has 1 atom stereocenters. The Labute approximate surface area is 124 Å². The summed E-state index contributed by atoms with van der Waals surface area (Å²) < 4.78 is 0. The number of hydrogen-bond donors (Lipinski definition) is 2. The van der Waals surface area contributed by atoms with Gasteiger partial charge >= 0.3 is 6.03 Å². The molecule has 0 saturated carbocycles. The summed E-state index contributed by atoms with van der Waals surface area (Å²) in [5.41, 5.74) is 6.99. The van der Waals surface area contributed by atoms with E-state index < -0.39 is 0 Å². The minimum atomic E-state index is -0.366. The SMILES string of the molecule is C=Cc1ccc(NC(=O)N2CCCC[C@H]2CC(N)=O)cc1. The fraction of sp³-hybridized carbons (Fsp3) is 0.375. The third kappa shape index (κ3) is 4.08. The molecule has 1 fully saturated rings. The van der Waals surface area contributed by atoms with Crippen LogP contribution in [0.4, 0.5) is 10.5 Å². The molecule has 0 spiro atoms. The number of rotatable bonds is 4. The van der Waals surface area contributed by atoms with Crippen LogP contribution in [-0.4, -0.2) is 29.4 Å². The van der Waals surface area contributed by atoms with E-state index in [2.05, 4.69) is 11.9 Å². The van der Waals surface area contributed by atoms with Crippen LogP contribution in [0.2, 0.25) is 0 Å². The molecule has 0 aromatic heterocycles. The summed E-state index contributed by atoms with van der Waals surface area (Å²) >= 11 is 0. The van der Waals surface area contributed by atoms with Gasteiger partial charge in [0.1, 0.15) is 0 Å². The van der Waals surface area contributed by atoms with Crippen LogP contribution in [-0.2, 0) is 4.79 Å². The number of likely N-dealkylation sites (tertiary alicyclic amines) is 1. The quantitative estimate of drug-likeness (QED) is 0.893. The van der Waals surface area contributed by atoms with E-state index in [9.17, 15) is 9.59 Å². The highest BCUT2D eigenvalue weighted by atomic mass is 16.2. The van der Waals surface area contributed by atoms with E-state index in [-0.39, 0.29) is 24.4 Å². The molecule has 5 nitrogen and oxygen atoms in total. The van der Waals surface area contributed by atoms with Crippen molar-refractivity contribution < 1.29 is 9.59 Å². The highest BCUT2D eigenvalue weighted by molar-refractivity contribution is 5.90. The van der Waals surface area contributed by atoms with Gasteiger partial charge in [-0.1, -0.05) is 24.8 Å². The van der Waals surface area contributed by atoms with Gasteiger partial charge in [0.2, 0.25) is 5.91 Å². The lowest BCUT2D eigenvalue weighted by Gasteiger charge is -2.35. The van der Waals surface area contributed by atoms with Crippen molar-refractivity contribution in [2.45, 2.75) is 31.7 Å². The third-order valence-corrected chi connectivity index (χ3v) is 3.72. The Morgan fingerprint density at radius 2 is 2.05 bits per heavy atom. The number of primary amides is 1. The van der Waals surface area contributed by atoms with Crippen LogP contribution in [0, 0.1) is 0 Å². The van der Waals surface area contributed by atoms with Gasteiger partial charge in [-0.3, -0.25) is 4.79 Å². The zero-order chi connectivity index (χ0) is 15.2. The Balaban J connectivity index is 2.02. The molecule has 2 rings (SSSR count). The molecule has 1 saturated heterocycles. The number of amides is 3. The number of piperidine rings is 1. The Morgan fingerprint density at radius 1 is 1.33 bits per heavy atom. The zero-order valence-electron chi connectivity index (χ0n) is 12.0. The van der Waals surface area contributed by atoms with Crippen LogP contribution in [0.1, 0.15) is 31.2 Å². The van der Waals surface area contributed by atoms with Crippen molar-refractivity contribution >= 4 is 23.7 Å². The number of nitrogens with zero attached hydrogens (tertiary/aromatic N) is 1. The first-order valence-corrected chi connectivity index (χ1v) is 7.18. The first-order chi connectivity index (χ1) is 10.1. The molecule has 21 heavy (non-hydrogen) atoms. The van der Waals surface area contributed by atoms with Gasteiger partial charge in [0.05, 0.1) is 0 Å². The first-order valence-electron chi connectivity index (χ1n) is 7.18. The molecule has 0 aliphatic carbocycles. The Morgan fingerprint density at radius 3 is 2.67 bits per heavy atom. The summed E-state index contributed by atoms with van der Waals surface area (Å²) in [5, 5.41) is 2.87. The summed E-state index contributed by atoms with van der Waals surface area (Å²) in [4.78, 5) is 25.2. The van der Waals surface area contributed by atoms with E-state index in [4.69, 9.17) is 5.73 Å². The van der Waals surface area contributed by atoms with E-state index in [1.807, 2.05) is 24.3 Å². The summed E-state index contributed by atoms with van der Waals surface area (Å²) in [6.07, 6.45) is 4.78. The molecule has 0 bridgehead atoms. The van der Waals surface area contributed by atoms with Crippen molar-refractivity contribution in [3.8, 4) is 0 Å². The molecule has 112 valence electrons. The maximum Gasteiger partial charge on any atom is 0.322 e. The fourth-order valence-electron chi connectivity index (χ4n) is 2.61. The lowest BCUT2D eigenvalue weighted by atomic mass is 9.99. The van der Waals surface area contributed by atoms with Crippen LogP contribution in [0.5, 0.6) is 0 Å². The average Bonchev–Trinajstić information content (AvgIpc) is 2.48. The zero-order valence-corrected chi connectivity index (χ0v) is 12.0. The van der Waals surface area contributed by atoms with E-state index in [1.54, 1.807) is 11.0 Å². The molecule has 3 amide bonds. The molecule has 3 N–H and O–H groups in total. The van der Waals surface area contributed by atoms with Gasteiger partial charge in [-0.25, -0.2) is 4.79 Å². The summed E-state index contributed by atoms with van der Waals surface area (Å²) in [7, 11) is 0. The van der Waals surface area contributed by atoms with Crippen molar-refractivity contribution in [1.82, 2.24) is 4.90 Å². The number of nitrogens with two attached hydrogens (primary N) is 1. The molecule has 5 heteroatoms. The number of carbonyl (C=O) groups is 2. The molecule has 1 aliphatic heterocycles. The lowest BCUT2D eigenvalue weighted by Crippen LogP contribution is -2.47. The highest BCUT2D eigenvalue weighted by Gasteiger charge is 2.27. The second kappa shape index (κ2) is 6.92. The molecule has 1 aromatic carbocycles. The van der Waals surface area contributed by atoms with Crippen molar-refractivity contribution in [1.29, 1.82) is 0 Å². The molecular weight excluding hydrogens is 266 g/mol. The maximum absolute atomic E-state index is 12.4. The summed E-state index contributed by atoms with van der Waals surface area (Å²) in [6.45, 7) is 4.35. The summed E-state index contributed by atoms with van der Waals surface area (Å²) in [5.74, 6) is -0.366. The van der Waals surface area contributed by atoms with Crippen molar-refractivity contribution in [2.24, 2.45) is 5.73 Å². The molecule has 0 radical (unpaired) electrons. The minimum absolute atomic E-state index is 0.0938. The number of urea groups is 1. The predicted molar refractivity (Wildman–Crippen MR) is 83.7 cm³/mol. The minimum Gasteiger partial charge on any atom is -0.370 e. The maximum atomic E-state index is 12.4. The molecule has 0 unspecified atom stereocenters. The molecule has 1 aromatic rings. The molecule has 1 heterocycles. The number of benzene rings is 1. The van der Waals surface area contributed by atoms with Gasteiger partial charge < -0.3 is 16.0 Å². The lowest BCUT2D eigenvalue weighted by molar-refractivity contribution is -0.119. The van der Waals surface area contributed by atoms with Crippen molar-refractivity contribution in [3.63, 3.8) is 0 Å². The van der Waals surface area contributed by atoms with Crippen LogP contribution < -0.4 is 11.1 Å². The van der Waals surface area contributed by atoms with E-state index in [1.165, 1.54) is 0 Å². The van der Waals surface area contributed by atoms with E-state index in [0.29, 0.717) is 6.54 Å². The Kier molecular flexibility index (Phi) is 4.98. The fourth-order valence-corrected chi connectivity index (χ4v) is 2.61. The van der Waals surface area contributed by atoms with Gasteiger partial charge in [-0.15, -0.1) is 0 Å². The van der Waals surface area contributed by atoms with Gasteiger partial charge in [0.15, 0.2) is 0 Å². The van der Waals surface area contributed by atoms with Crippen molar-refractivity contribution in [3.05, 3.63) is 36.4 Å². The Hall–Kier alpha value is -2.30. The molecular formula is C16H21N3O2. The second-order valence-electron chi connectivity index (χ2n) is 5.27. The second-order valence-corrected chi connectivity index (χ2v) is 5.27. The van der Waals surface area contributed by atoms with E-state index in [0.717, 1.165) is 30.5 Å². The molecule has 1 aliphatic rings. The van der Waals surface area contributed by atoms with Gasteiger partial charge in [0, 0.05) is 24.7 Å². The first kappa shape index (κ1) is 15.1. The third-order valence-electron chi connectivity index (χ3n) is 3.72. The van der Waals surface area contributed by atoms with Crippen LogP contribution in [0.3, 0.4) is 0 Å². The standard InChI is InChI=1S/C16H21N3O2/c1-2-12-6-8-13(9-7-12)18-16(21)19-10-4-3-5-14(19)11-15(17)20/h2,6-9,14H,1,3-5,10-11H2,(H2,17,20)(H,18,21)/t14-/m0/s1. The number of hydrogen-bond acceptors (Lipinski definition) is 2. The van der Waals surface area contributed by atoms with E-state index >= 15 is 0 Å². The largest absolute Gasteiger partial charge is 0.370 e.